The maximum Gasteiger partial charge on any atom is 1.00 e. The summed E-state index contributed by atoms with van der Waals surface area (Å²) < 4.78 is 45.6. The molecule has 370 valence electrons. The molecule has 0 aliphatic heterocycles. The summed E-state index contributed by atoms with van der Waals surface area (Å²) in [7, 11) is -4.85. The van der Waals surface area contributed by atoms with Crippen LogP contribution < -0.4 is 29.6 Å². The van der Waals surface area contributed by atoms with Crippen molar-refractivity contribution in [2.45, 2.75) is 288 Å². The summed E-state index contributed by atoms with van der Waals surface area (Å²) >= 11 is 0. The number of hydrogen-bond acceptors (Lipinski definition) is 7. The second kappa shape index (κ2) is 47.6. The first-order chi connectivity index (χ1) is 31.3. The van der Waals surface area contributed by atoms with E-state index in [1.54, 1.807) is 12.2 Å². The average Bonchev–Trinajstić information content (AvgIpc) is 3.28. The number of benzene rings is 1. The van der Waals surface area contributed by atoms with E-state index in [-0.39, 0.29) is 40.7 Å². The molecule has 7 nitrogen and oxygen atoms in total. The van der Waals surface area contributed by atoms with Crippen LogP contribution in [0.15, 0.2) is 47.8 Å². The molecule has 0 fully saturated rings. The number of carbonyl (C=O) groups excluding carboxylic acids is 2. The monoisotopic (exact) mass is 937 g/mol. The molecule has 0 aliphatic rings. The average molecular weight is 937 g/mol. The predicted molar refractivity (Wildman–Crippen MR) is 269 cm³/mol. The van der Waals surface area contributed by atoms with Crippen LogP contribution in [0.2, 0.25) is 0 Å². The standard InChI is InChI=1S/C56H98O7S.Na/c1-3-5-7-9-11-13-15-17-19-21-23-25-27-29-31-33-35-37-39-41-43-45-49-62-55(57)53-48-47-52(64(59,60)61)51-54(53)56(58)63-50-46-44-42-40-38-36-34-32-30-28-26-24-22-20-18-16-14-12-10-8-6-4-2;/h45-51H,3-44H2,1-2H3,(H,59,60,61);/q;+1/p-1/b49-45+,50-46+;. The van der Waals surface area contributed by atoms with Gasteiger partial charge in [0.2, 0.25) is 0 Å². The first kappa shape index (κ1) is 63.5. The molecule has 0 amide bonds. The zero-order chi connectivity index (χ0) is 46.4. The maximum atomic E-state index is 12.9. The van der Waals surface area contributed by atoms with Gasteiger partial charge in [-0.05, 0) is 56.0 Å². The summed E-state index contributed by atoms with van der Waals surface area (Å²) in [5.74, 6) is -1.75. The molecule has 1 rings (SSSR count). The van der Waals surface area contributed by atoms with Crippen molar-refractivity contribution in [3.05, 3.63) is 54.0 Å². The van der Waals surface area contributed by atoms with Gasteiger partial charge in [0.15, 0.2) is 0 Å². The number of carbonyl (C=O) groups is 2. The first-order valence-electron chi connectivity index (χ1n) is 27.1. The summed E-state index contributed by atoms with van der Waals surface area (Å²) in [4.78, 5) is 25.2. The van der Waals surface area contributed by atoms with E-state index in [1.807, 2.05) is 0 Å². The summed E-state index contributed by atoms with van der Waals surface area (Å²) in [5, 5.41) is 0. The van der Waals surface area contributed by atoms with Gasteiger partial charge >= 0.3 is 41.5 Å². The first-order valence-corrected chi connectivity index (χ1v) is 28.5. The second-order valence-corrected chi connectivity index (χ2v) is 20.1. The molecule has 0 atom stereocenters. The molecule has 9 heteroatoms. The van der Waals surface area contributed by atoms with E-state index >= 15 is 0 Å². The van der Waals surface area contributed by atoms with Crippen molar-refractivity contribution in [1.29, 1.82) is 0 Å². The third-order valence-electron chi connectivity index (χ3n) is 12.7. The van der Waals surface area contributed by atoms with E-state index in [0.29, 0.717) is 0 Å². The Morgan fingerprint density at radius 2 is 0.662 bits per heavy atom. The van der Waals surface area contributed by atoms with Gasteiger partial charge in [-0.2, -0.15) is 0 Å². The van der Waals surface area contributed by atoms with Gasteiger partial charge in [0, 0.05) is 0 Å². The molecular formula is C56H97NaO7S. The molecular weight excluding hydrogens is 840 g/mol. The molecule has 0 aliphatic carbocycles. The number of hydrogen-bond donors (Lipinski definition) is 0. The summed E-state index contributed by atoms with van der Waals surface area (Å²) in [6, 6.07) is 3.02. The number of unbranched alkanes of at least 4 members (excludes halogenated alkanes) is 40. The molecule has 1 aromatic carbocycles. The SMILES string of the molecule is CCCCCCCCCCCCCCCCCCCCCC/C=C/OC(=O)c1ccc(S(=O)(=O)[O-])cc1C(=O)O/C=C/CCCCCCCCCCCCCCCCCCCCCC.[Na+]. The third kappa shape index (κ3) is 40.2. The van der Waals surface area contributed by atoms with Crippen molar-refractivity contribution in [3.63, 3.8) is 0 Å². The summed E-state index contributed by atoms with van der Waals surface area (Å²) in [5.41, 5.74) is -0.490. The number of rotatable bonds is 47. The van der Waals surface area contributed by atoms with Gasteiger partial charge in [-0.15, -0.1) is 0 Å². The van der Waals surface area contributed by atoms with Gasteiger partial charge in [-0.25, -0.2) is 18.0 Å². The van der Waals surface area contributed by atoms with Gasteiger partial charge in [0.25, 0.3) is 0 Å². The maximum absolute atomic E-state index is 12.9. The fourth-order valence-corrected chi connectivity index (χ4v) is 9.04. The van der Waals surface area contributed by atoms with Crippen LogP contribution in [0.5, 0.6) is 0 Å². The van der Waals surface area contributed by atoms with Crippen molar-refractivity contribution in [2.75, 3.05) is 0 Å². The molecule has 0 heterocycles. The van der Waals surface area contributed by atoms with E-state index in [9.17, 15) is 22.6 Å². The smallest absolute Gasteiger partial charge is 0.744 e. The van der Waals surface area contributed by atoms with Gasteiger partial charge in [0.05, 0.1) is 28.5 Å². The summed E-state index contributed by atoms with van der Waals surface area (Å²) in [6.45, 7) is 4.56. The van der Waals surface area contributed by atoms with Crippen LogP contribution in [0, 0.1) is 0 Å². The minimum Gasteiger partial charge on any atom is -0.744 e. The fourth-order valence-electron chi connectivity index (χ4n) is 8.54. The minimum absolute atomic E-state index is 0. The van der Waals surface area contributed by atoms with Crippen molar-refractivity contribution >= 4 is 22.1 Å². The van der Waals surface area contributed by atoms with Crippen molar-refractivity contribution in [2.24, 2.45) is 0 Å². The molecule has 0 spiro atoms. The van der Waals surface area contributed by atoms with Crippen molar-refractivity contribution in [1.82, 2.24) is 0 Å². The molecule has 0 radical (unpaired) electrons. The molecule has 0 saturated heterocycles. The van der Waals surface area contributed by atoms with Crippen LogP contribution in [0.3, 0.4) is 0 Å². The van der Waals surface area contributed by atoms with Crippen LogP contribution in [-0.2, 0) is 19.6 Å². The van der Waals surface area contributed by atoms with E-state index in [4.69, 9.17) is 9.47 Å². The zero-order valence-corrected chi connectivity index (χ0v) is 45.3. The Balaban J connectivity index is 0.0000410. The van der Waals surface area contributed by atoms with Gasteiger partial charge in [-0.1, -0.05) is 258 Å². The Morgan fingerprint density at radius 3 is 0.923 bits per heavy atom. The largest absolute Gasteiger partial charge is 1.00 e. The van der Waals surface area contributed by atoms with Crippen LogP contribution >= 0.6 is 0 Å². The van der Waals surface area contributed by atoms with Crippen LogP contribution in [0.4, 0.5) is 0 Å². The van der Waals surface area contributed by atoms with Crippen LogP contribution in [0.25, 0.3) is 0 Å². The predicted octanol–water partition coefficient (Wildman–Crippen LogP) is 15.4. The molecule has 1 aromatic rings. The van der Waals surface area contributed by atoms with Crippen molar-refractivity contribution in [3.8, 4) is 0 Å². The quantitative estimate of drug-likeness (QED) is 0.0210. The second-order valence-electron chi connectivity index (χ2n) is 18.7. The summed E-state index contributed by atoms with van der Waals surface area (Å²) in [6.07, 6.45) is 60.9. The van der Waals surface area contributed by atoms with Crippen LogP contribution in [-0.4, -0.2) is 24.9 Å². The zero-order valence-electron chi connectivity index (χ0n) is 42.5. The molecule has 0 bridgehead atoms. The number of esters is 2. The van der Waals surface area contributed by atoms with Gasteiger partial charge in [0.1, 0.15) is 10.1 Å². The number of allylic oxidation sites excluding steroid dienone is 2. The van der Waals surface area contributed by atoms with E-state index < -0.39 is 27.0 Å². The molecule has 0 aromatic heterocycles. The Labute approximate surface area is 423 Å². The van der Waals surface area contributed by atoms with Gasteiger partial charge < -0.3 is 14.0 Å². The fraction of sp³-hybridized carbons (Fsp3) is 0.786. The Hall–Kier alpha value is -1.45. The van der Waals surface area contributed by atoms with E-state index in [1.165, 1.54) is 244 Å². The Bertz CT molecular complexity index is 1410. The van der Waals surface area contributed by atoms with Gasteiger partial charge in [-0.3, -0.25) is 0 Å². The van der Waals surface area contributed by atoms with E-state index in [2.05, 4.69) is 13.8 Å². The third-order valence-corrected chi connectivity index (χ3v) is 13.5. The molecule has 0 saturated carbocycles. The van der Waals surface area contributed by atoms with Crippen molar-refractivity contribution < 1.29 is 61.6 Å². The normalized spacial score (nSPS) is 11.7. The minimum atomic E-state index is -4.85. The topological polar surface area (TPSA) is 110 Å². The van der Waals surface area contributed by atoms with E-state index in [0.717, 1.165) is 56.7 Å². The Morgan fingerprint density at radius 1 is 0.415 bits per heavy atom. The van der Waals surface area contributed by atoms with Crippen LogP contribution in [0.1, 0.15) is 304 Å². The molecule has 0 N–H and O–H groups in total. The Kier molecular flexibility index (Phi) is 46.5. The molecule has 0 unspecified atom stereocenters. The molecule has 65 heavy (non-hydrogen) atoms. The number of ether oxygens (including phenoxy) is 2.